The lowest BCUT2D eigenvalue weighted by Gasteiger charge is -1.95. The van der Waals surface area contributed by atoms with E-state index in [1.807, 2.05) is 6.92 Å². The van der Waals surface area contributed by atoms with Crippen molar-refractivity contribution in [3.8, 4) is 11.6 Å². The Morgan fingerprint density at radius 3 is 3.00 bits per heavy atom. The summed E-state index contributed by atoms with van der Waals surface area (Å²) in [6.45, 7) is 1.82. The molecule has 0 N–H and O–H groups in total. The summed E-state index contributed by atoms with van der Waals surface area (Å²) in [5, 5.41) is 4.69. The van der Waals surface area contributed by atoms with Gasteiger partial charge in [0.05, 0.1) is 6.26 Å². The first-order valence-electron chi connectivity index (χ1n) is 4.68. The lowest BCUT2D eigenvalue weighted by molar-refractivity contribution is 0.577. The minimum atomic E-state index is 0.406. The third-order valence-corrected chi connectivity index (χ3v) is 2.39. The first-order valence-corrected chi connectivity index (χ1v) is 5.05. The van der Waals surface area contributed by atoms with Gasteiger partial charge in [-0.2, -0.15) is 4.52 Å². The number of halogens is 1. The molecule has 0 saturated heterocycles. The van der Waals surface area contributed by atoms with Crippen molar-refractivity contribution in [3.05, 3.63) is 35.4 Å². The van der Waals surface area contributed by atoms with Gasteiger partial charge in [-0.05, 0) is 19.1 Å². The van der Waals surface area contributed by atoms with Gasteiger partial charge in [-0.1, -0.05) is 11.6 Å². The smallest absolute Gasteiger partial charge is 0.217 e. The van der Waals surface area contributed by atoms with Gasteiger partial charge in [0.1, 0.15) is 11.0 Å². The molecular formula is C10H7ClN4O. The Labute approximate surface area is 95.7 Å². The molecule has 0 unspecified atom stereocenters. The van der Waals surface area contributed by atoms with Gasteiger partial charge < -0.3 is 4.42 Å². The Morgan fingerprint density at radius 2 is 2.25 bits per heavy atom. The topological polar surface area (TPSA) is 56.2 Å². The van der Waals surface area contributed by atoms with Crippen LogP contribution in [0, 0.1) is 6.92 Å². The van der Waals surface area contributed by atoms with Crippen molar-refractivity contribution >= 4 is 17.2 Å². The summed E-state index contributed by atoms with van der Waals surface area (Å²) in [6.07, 6.45) is 1.58. The van der Waals surface area contributed by atoms with Crippen molar-refractivity contribution in [2.45, 2.75) is 6.92 Å². The van der Waals surface area contributed by atoms with E-state index in [1.165, 1.54) is 0 Å². The molecule has 3 aromatic heterocycles. The molecule has 0 aromatic carbocycles. The van der Waals surface area contributed by atoms with Crippen LogP contribution in [0.3, 0.4) is 0 Å². The van der Waals surface area contributed by atoms with E-state index >= 15 is 0 Å². The number of nitrogens with zero attached hydrogens (tertiary/aromatic N) is 4. The lowest BCUT2D eigenvalue weighted by Crippen LogP contribution is -1.96. The molecule has 0 aliphatic rings. The van der Waals surface area contributed by atoms with E-state index in [-0.39, 0.29) is 0 Å². The molecular weight excluding hydrogens is 228 g/mol. The quantitative estimate of drug-likeness (QED) is 0.607. The maximum Gasteiger partial charge on any atom is 0.217 e. The van der Waals surface area contributed by atoms with Crippen LogP contribution >= 0.6 is 11.6 Å². The van der Waals surface area contributed by atoms with Crippen molar-refractivity contribution in [2.24, 2.45) is 0 Å². The Balaban J connectivity index is 2.27. The number of aryl methyl sites for hydroxylation is 1. The molecule has 5 nitrogen and oxygen atoms in total. The number of aromatic nitrogens is 4. The van der Waals surface area contributed by atoms with Crippen molar-refractivity contribution in [2.75, 3.05) is 0 Å². The monoisotopic (exact) mass is 234 g/mol. The number of fused-ring (bicyclic) bond motifs is 1. The van der Waals surface area contributed by atoms with E-state index in [2.05, 4.69) is 15.1 Å². The highest BCUT2D eigenvalue weighted by molar-refractivity contribution is 6.29. The van der Waals surface area contributed by atoms with Crippen LogP contribution in [0.2, 0.25) is 5.15 Å². The number of rotatable bonds is 1. The van der Waals surface area contributed by atoms with Gasteiger partial charge in [0.25, 0.3) is 0 Å². The standard InChI is InChI=1S/C10H7ClN4O/c1-6-12-8(11)5-9-13-10(14-15(6)9)7-3-2-4-16-7/h2-5H,1H3. The molecule has 0 bridgehead atoms. The third kappa shape index (κ3) is 1.37. The number of hydrogen-bond acceptors (Lipinski definition) is 4. The van der Waals surface area contributed by atoms with E-state index in [4.69, 9.17) is 16.0 Å². The second kappa shape index (κ2) is 3.31. The van der Waals surface area contributed by atoms with Crippen LogP contribution in [0.5, 0.6) is 0 Å². The molecule has 0 amide bonds. The summed E-state index contributed by atoms with van der Waals surface area (Å²) in [5.41, 5.74) is 0.656. The first-order chi connectivity index (χ1) is 7.74. The van der Waals surface area contributed by atoms with Gasteiger partial charge in [0.2, 0.25) is 5.82 Å². The van der Waals surface area contributed by atoms with Crippen molar-refractivity contribution < 1.29 is 4.42 Å². The number of furan rings is 1. The fourth-order valence-electron chi connectivity index (χ4n) is 1.51. The second-order valence-electron chi connectivity index (χ2n) is 3.31. The molecule has 0 atom stereocenters. The third-order valence-electron chi connectivity index (χ3n) is 2.20. The maximum atomic E-state index is 5.84. The van der Waals surface area contributed by atoms with Crippen molar-refractivity contribution in [1.29, 1.82) is 0 Å². The van der Waals surface area contributed by atoms with Gasteiger partial charge >= 0.3 is 0 Å². The van der Waals surface area contributed by atoms with E-state index in [0.29, 0.717) is 28.2 Å². The highest BCUT2D eigenvalue weighted by Crippen LogP contribution is 2.18. The van der Waals surface area contributed by atoms with Crippen molar-refractivity contribution in [1.82, 2.24) is 19.6 Å². The van der Waals surface area contributed by atoms with Crippen LogP contribution in [-0.4, -0.2) is 19.6 Å². The lowest BCUT2D eigenvalue weighted by atomic mass is 10.4. The van der Waals surface area contributed by atoms with Crippen LogP contribution in [0.15, 0.2) is 28.9 Å². The summed E-state index contributed by atoms with van der Waals surface area (Å²) in [7, 11) is 0. The summed E-state index contributed by atoms with van der Waals surface area (Å²) >= 11 is 5.84. The Bertz CT molecular complexity index is 644. The van der Waals surface area contributed by atoms with Crippen LogP contribution in [0.4, 0.5) is 0 Å². The average Bonchev–Trinajstić information content (AvgIpc) is 2.82. The molecule has 16 heavy (non-hydrogen) atoms. The first kappa shape index (κ1) is 9.35. The fourth-order valence-corrected chi connectivity index (χ4v) is 1.73. The van der Waals surface area contributed by atoms with Gasteiger partial charge in [-0.3, -0.25) is 0 Å². The predicted molar refractivity (Wildman–Crippen MR) is 58.2 cm³/mol. The maximum absolute atomic E-state index is 5.84. The molecule has 0 spiro atoms. The largest absolute Gasteiger partial charge is 0.461 e. The van der Waals surface area contributed by atoms with E-state index in [1.54, 1.807) is 29.0 Å². The molecule has 0 radical (unpaired) electrons. The minimum absolute atomic E-state index is 0.406. The number of hydrogen-bond donors (Lipinski definition) is 0. The summed E-state index contributed by atoms with van der Waals surface area (Å²) in [4.78, 5) is 8.40. The summed E-state index contributed by atoms with van der Waals surface area (Å²) in [5.74, 6) is 1.84. The minimum Gasteiger partial charge on any atom is -0.461 e. The van der Waals surface area contributed by atoms with E-state index < -0.39 is 0 Å². The summed E-state index contributed by atoms with van der Waals surface area (Å²) < 4.78 is 6.86. The summed E-state index contributed by atoms with van der Waals surface area (Å²) in [6, 6.07) is 5.26. The fraction of sp³-hybridized carbons (Fsp3) is 0.100. The highest BCUT2D eigenvalue weighted by atomic mass is 35.5. The second-order valence-corrected chi connectivity index (χ2v) is 3.70. The van der Waals surface area contributed by atoms with Gasteiger partial charge in [-0.15, -0.1) is 5.10 Å². The zero-order valence-electron chi connectivity index (χ0n) is 8.38. The molecule has 6 heteroatoms. The molecule has 3 rings (SSSR count). The molecule has 0 fully saturated rings. The highest BCUT2D eigenvalue weighted by Gasteiger charge is 2.11. The van der Waals surface area contributed by atoms with Gasteiger partial charge in [0, 0.05) is 6.07 Å². The van der Waals surface area contributed by atoms with Crippen LogP contribution in [0.1, 0.15) is 5.82 Å². The van der Waals surface area contributed by atoms with E-state index in [9.17, 15) is 0 Å². The predicted octanol–water partition coefficient (Wildman–Crippen LogP) is 2.35. The SMILES string of the molecule is Cc1nc(Cl)cc2nc(-c3ccco3)nn12. The van der Waals surface area contributed by atoms with Gasteiger partial charge in [0.15, 0.2) is 11.4 Å². The molecule has 3 heterocycles. The van der Waals surface area contributed by atoms with Crippen molar-refractivity contribution in [3.63, 3.8) is 0 Å². The molecule has 80 valence electrons. The molecule has 0 saturated carbocycles. The average molecular weight is 235 g/mol. The Hall–Kier alpha value is -1.88. The van der Waals surface area contributed by atoms with Gasteiger partial charge in [-0.25, -0.2) is 9.97 Å². The normalized spacial score (nSPS) is 11.1. The van der Waals surface area contributed by atoms with E-state index in [0.717, 1.165) is 0 Å². The Morgan fingerprint density at radius 1 is 1.38 bits per heavy atom. The zero-order valence-corrected chi connectivity index (χ0v) is 9.14. The molecule has 0 aliphatic carbocycles. The zero-order chi connectivity index (χ0) is 11.1. The van der Waals surface area contributed by atoms with Crippen LogP contribution < -0.4 is 0 Å². The molecule has 3 aromatic rings. The van der Waals surface area contributed by atoms with Crippen LogP contribution in [0.25, 0.3) is 17.2 Å². The Kier molecular flexibility index (Phi) is 1.94. The molecule has 0 aliphatic heterocycles. The van der Waals surface area contributed by atoms with Crippen LogP contribution in [-0.2, 0) is 0 Å².